The van der Waals surface area contributed by atoms with Gasteiger partial charge < -0.3 is 9.32 Å². The Kier molecular flexibility index (Phi) is 7.14. The molecule has 2 aliphatic rings. The van der Waals surface area contributed by atoms with E-state index in [1.165, 1.54) is 66.6 Å². The smallest absolute Gasteiger partial charge is 0.143 e. The van der Waals surface area contributed by atoms with E-state index in [1.54, 1.807) is 0 Å². The van der Waals surface area contributed by atoms with Crippen LogP contribution >= 0.6 is 0 Å². The maximum absolute atomic E-state index is 6.84. The zero-order valence-corrected chi connectivity index (χ0v) is 33.3. The van der Waals surface area contributed by atoms with Crippen LogP contribution in [0, 0.1) is 0 Å². The van der Waals surface area contributed by atoms with Crippen molar-refractivity contribution in [3.8, 4) is 33.4 Å². The summed E-state index contributed by atoms with van der Waals surface area (Å²) in [5, 5.41) is 4.56. The minimum Gasteiger partial charge on any atom is -0.455 e. The monoisotopic (exact) mass is 755 g/mol. The molecule has 10 aromatic rings. The van der Waals surface area contributed by atoms with Crippen LogP contribution in [0.2, 0.25) is 0 Å². The zero-order chi connectivity index (χ0) is 39.5. The largest absolute Gasteiger partial charge is 0.455 e. The molecule has 0 saturated carbocycles. The van der Waals surface area contributed by atoms with E-state index in [1.807, 2.05) is 0 Å². The molecule has 12 rings (SSSR count). The van der Waals surface area contributed by atoms with E-state index < -0.39 is 5.41 Å². The first-order valence-corrected chi connectivity index (χ1v) is 20.7. The van der Waals surface area contributed by atoms with E-state index in [4.69, 9.17) is 4.42 Å². The van der Waals surface area contributed by atoms with E-state index >= 15 is 0 Å². The SMILES string of the molecule is CC(C)(C)c1cccc2oc3c4ccccc4c(N(c4ccc(-c5ccccc5)cc4)c4cccc5c4-c4ccccc4C54c5ccccc5-c5ccccc54)cc3c12. The molecule has 0 saturated heterocycles. The summed E-state index contributed by atoms with van der Waals surface area (Å²) in [6.07, 6.45) is 0. The third kappa shape index (κ3) is 4.69. The lowest BCUT2D eigenvalue weighted by molar-refractivity contribution is 0.594. The molecule has 2 heteroatoms. The maximum atomic E-state index is 6.84. The standard InChI is InChI=1S/C57H41NO/c1-56(2,3)48-27-16-30-52-54(48)44-35-51(41-21-7-8-22-42(41)55(44)59-52)58(38-33-31-37(32-34-38)36-17-5-4-6-18-36)50-29-15-28-49-53(50)43-23-11-14-26-47(43)57(49)45-24-12-9-19-39(45)40-20-10-13-25-46(40)57/h4-35H,1-3H3. The van der Waals surface area contributed by atoms with Crippen LogP contribution in [-0.2, 0) is 10.8 Å². The van der Waals surface area contributed by atoms with Crippen LogP contribution in [0.25, 0.3) is 66.1 Å². The van der Waals surface area contributed by atoms with Gasteiger partial charge in [0.25, 0.3) is 0 Å². The summed E-state index contributed by atoms with van der Waals surface area (Å²) >= 11 is 0. The molecule has 280 valence electrons. The summed E-state index contributed by atoms with van der Waals surface area (Å²) < 4.78 is 6.84. The molecule has 1 heterocycles. The van der Waals surface area contributed by atoms with Gasteiger partial charge in [-0.15, -0.1) is 0 Å². The maximum Gasteiger partial charge on any atom is 0.143 e. The van der Waals surface area contributed by atoms with Crippen molar-refractivity contribution in [3.63, 3.8) is 0 Å². The molecule has 0 fully saturated rings. The summed E-state index contributed by atoms with van der Waals surface area (Å²) in [6.45, 7) is 6.88. The number of furan rings is 1. The van der Waals surface area contributed by atoms with Crippen molar-refractivity contribution in [2.24, 2.45) is 0 Å². The Morgan fingerprint density at radius 3 is 1.69 bits per heavy atom. The molecule has 0 radical (unpaired) electrons. The third-order valence-electron chi connectivity index (χ3n) is 13.0. The Balaban J connectivity index is 1.20. The summed E-state index contributed by atoms with van der Waals surface area (Å²) in [7, 11) is 0. The molecule has 1 spiro atoms. The first kappa shape index (κ1) is 33.9. The fourth-order valence-corrected chi connectivity index (χ4v) is 10.6. The van der Waals surface area contributed by atoms with Crippen LogP contribution in [-0.4, -0.2) is 0 Å². The van der Waals surface area contributed by atoms with Crippen LogP contribution < -0.4 is 4.90 Å². The Bertz CT molecular complexity index is 3260. The highest BCUT2D eigenvalue weighted by molar-refractivity contribution is 6.21. The number of hydrogen-bond acceptors (Lipinski definition) is 2. The normalized spacial score (nSPS) is 13.5. The minimum atomic E-state index is -0.452. The average molecular weight is 756 g/mol. The lowest BCUT2D eigenvalue weighted by Gasteiger charge is -2.32. The van der Waals surface area contributed by atoms with Gasteiger partial charge in [-0.25, -0.2) is 0 Å². The first-order chi connectivity index (χ1) is 28.9. The highest BCUT2D eigenvalue weighted by Crippen LogP contribution is 2.65. The second-order valence-electron chi connectivity index (χ2n) is 17.2. The summed E-state index contributed by atoms with van der Waals surface area (Å²) in [5.41, 5.74) is 18.8. The van der Waals surface area contributed by atoms with Crippen molar-refractivity contribution in [2.75, 3.05) is 4.90 Å². The van der Waals surface area contributed by atoms with Crippen LogP contribution in [0.1, 0.15) is 48.6 Å². The van der Waals surface area contributed by atoms with Gasteiger partial charge in [0.2, 0.25) is 0 Å². The number of benzene rings is 9. The van der Waals surface area contributed by atoms with E-state index in [0.29, 0.717) is 0 Å². The van der Waals surface area contributed by atoms with E-state index in [9.17, 15) is 0 Å². The van der Waals surface area contributed by atoms with Gasteiger partial charge in [0.1, 0.15) is 11.2 Å². The molecule has 1 aromatic heterocycles. The van der Waals surface area contributed by atoms with Crippen molar-refractivity contribution >= 4 is 49.8 Å². The van der Waals surface area contributed by atoms with Crippen molar-refractivity contribution < 1.29 is 4.42 Å². The Labute approximate surface area is 344 Å². The highest BCUT2D eigenvalue weighted by Gasteiger charge is 2.52. The van der Waals surface area contributed by atoms with E-state index in [-0.39, 0.29) is 5.41 Å². The quantitative estimate of drug-likeness (QED) is 0.178. The number of fused-ring (bicyclic) bond motifs is 15. The van der Waals surface area contributed by atoms with Crippen LogP contribution in [0.15, 0.2) is 199 Å². The second kappa shape index (κ2) is 12.4. The number of hydrogen-bond donors (Lipinski definition) is 0. The molecule has 0 N–H and O–H groups in total. The van der Waals surface area contributed by atoms with Crippen molar-refractivity contribution in [1.29, 1.82) is 0 Å². The van der Waals surface area contributed by atoms with Crippen molar-refractivity contribution in [3.05, 3.63) is 222 Å². The lowest BCUT2D eigenvalue weighted by atomic mass is 9.70. The molecule has 0 amide bonds. The fourth-order valence-electron chi connectivity index (χ4n) is 10.6. The van der Waals surface area contributed by atoms with E-state index in [2.05, 4.69) is 220 Å². The Morgan fingerprint density at radius 2 is 1.00 bits per heavy atom. The topological polar surface area (TPSA) is 16.4 Å². The average Bonchev–Trinajstić information content (AvgIpc) is 3.91. The predicted octanol–water partition coefficient (Wildman–Crippen LogP) is 15.5. The fraction of sp³-hybridized carbons (Fsp3) is 0.0877. The van der Waals surface area contributed by atoms with Gasteiger partial charge in [-0.05, 0) is 91.4 Å². The number of rotatable bonds is 4. The molecular formula is C57H41NO. The lowest BCUT2D eigenvalue weighted by Crippen LogP contribution is -2.26. The van der Waals surface area contributed by atoms with E-state index in [0.717, 1.165) is 44.4 Å². The van der Waals surface area contributed by atoms with Crippen LogP contribution in [0.5, 0.6) is 0 Å². The molecule has 59 heavy (non-hydrogen) atoms. The predicted molar refractivity (Wildman–Crippen MR) is 246 cm³/mol. The van der Waals surface area contributed by atoms with Crippen molar-refractivity contribution in [2.45, 2.75) is 31.6 Å². The Hall–Kier alpha value is -7.16. The van der Waals surface area contributed by atoms with Gasteiger partial charge in [0.15, 0.2) is 0 Å². The number of nitrogens with zero attached hydrogens (tertiary/aromatic N) is 1. The third-order valence-corrected chi connectivity index (χ3v) is 13.0. The molecule has 0 atom stereocenters. The molecule has 9 aromatic carbocycles. The van der Waals surface area contributed by atoms with Gasteiger partial charge in [-0.1, -0.05) is 185 Å². The number of anilines is 3. The van der Waals surface area contributed by atoms with Gasteiger partial charge in [0, 0.05) is 32.8 Å². The minimum absolute atomic E-state index is 0.0821. The summed E-state index contributed by atoms with van der Waals surface area (Å²) in [6, 6.07) is 71.7. The van der Waals surface area contributed by atoms with Gasteiger partial charge >= 0.3 is 0 Å². The molecular weight excluding hydrogens is 715 g/mol. The molecule has 2 aliphatic carbocycles. The molecule has 0 bridgehead atoms. The molecule has 0 aliphatic heterocycles. The highest BCUT2D eigenvalue weighted by atomic mass is 16.3. The van der Waals surface area contributed by atoms with Crippen LogP contribution in [0.4, 0.5) is 17.1 Å². The Morgan fingerprint density at radius 1 is 0.441 bits per heavy atom. The summed E-state index contributed by atoms with van der Waals surface area (Å²) in [4.78, 5) is 2.52. The zero-order valence-electron chi connectivity index (χ0n) is 33.3. The van der Waals surface area contributed by atoms with Gasteiger partial charge in [-0.2, -0.15) is 0 Å². The van der Waals surface area contributed by atoms with Gasteiger partial charge in [0.05, 0.1) is 16.8 Å². The molecule has 2 nitrogen and oxygen atoms in total. The van der Waals surface area contributed by atoms with Crippen molar-refractivity contribution in [1.82, 2.24) is 0 Å². The first-order valence-electron chi connectivity index (χ1n) is 20.7. The second-order valence-corrected chi connectivity index (χ2v) is 17.2. The molecule has 0 unspecified atom stereocenters. The van der Waals surface area contributed by atoms with Gasteiger partial charge in [-0.3, -0.25) is 0 Å². The van der Waals surface area contributed by atoms with Crippen LogP contribution in [0.3, 0.4) is 0 Å². The summed E-state index contributed by atoms with van der Waals surface area (Å²) in [5.74, 6) is 0.